The van der Waals surface area contributed by atoms with E-state index in [9.17, 15) is 5.11 Å². The van der Waals surface area contributed by atoms with Gasteiger partial charge in [-0.2, -0.15) is 0 Å². The van der Waals surface area contributed by atoms with Crippen molar-refractivity contribution in [1.29, 1.82) is 0 Å². The molecule has 1 saturated carbocycles. The lowest BCUT2D eigenvalue weighted by atomic mass is 9.99. The Balaban J connectivity index is 2.13. The Morgan fingerprint density at radius 1 is 1.33 bits per heavy atom. The number of aliphatic hydroxyl groups is 1. The Labute approximate surface area is 55.4 Å². The van der Waals surface area contributed by atoms with E-state index >= 15 is 0 Å². The van der Waals surface area contributed by atoms with E-state index in [0.29, 0.717) is 5.92 Å². The first kappa shape index (κ1) is 5.48. The summed E-state index contributed by atoms with van der Waals surface area (Å²) in [5, 5.41) is 9.36. The predicted molar refractivity (Wildman–Crippen MR) is 36.0 cm³/mol. The molecule has 1 nitrogen and oxygen atoms in total. The fourth-order valence-corrected chi connectivity index (χ4v) is 2.06. The zero-order valence-corrected chi connectivity index (χ0v) is 5.46. The number of fused-ring (bicyclic) bond motifs is 1. The topological polar surface area (TPSA) is 20.2 Å². The summed E-state index contributed by atoms with van der Waals surface area (Å²) in [7, 11) is 0. The lowest BCUT2D eigenvalue weighted by Gasteiger charge is -2.11. The van der Waals surface area contributed by atoms with Gasteiger partial charge in [0.15, 0.2) is 0 Å². The van der Waals surface area contributed by atoms with Crippen LogP contribution in [0, 0.1) is 11.8 Å². The number of hydrogen-bond donors (Lipinski definition) is 1. The van der Waals surface area contributed by atoms with Gasteiger partial charge in [-0.25, -0.2) is 0 Å². The van der Waals surface area contributed by atoms with E-state index in [0.717, 1.165) is 18.8 Å². The van der Waals surface area contributed by atoms with Gasteiger partial charge in [0.1, 0.15) is 0 Å². The van der Waals surface area contributed by atoms with Crippen LogP contribution in [0.3, 0.4) is 0 Å². The normalized spacial score (nSPS) is 47.9. The minimum Gasteiger partial charge on any atom is -0.393 e. The molecule has 1 heteroatoms. The maximum absolute atomic E-state index is 9.36. The quantitative estimate of drug-likeness (QED) is 0.483. The molecule has 9 heavy (non-hydrogen) atoms. The molecule has 0 saturated heterocycles. The van der Waals surface area contributed by atoms with Crippen LogP contribution in [0.15, 0.2) is 12.2 Å². The first-order valence-electron chi connectivity index (χ1n) is 3.72. The van der Waals surface area contributed by atoms with Crippen molar-refractivity contribution in [2.24, 2.45) is 11.8 Å². The maximum Gasteiger partial charge on any atom is 0.0577 e. The van der Waals surface area contributed by atoms with Gasteiger partial charge in [-0.05, 0) is 31.1 Å². The highest BCUT2D eigenvalue weighted by molar-refractivity contribution is 5.06. The molecule has 0 radical (unpaired) electrons. The van der Waals surface area contributed by atoms with Crippen LogP contribution < -0.4 is 0 Å². The van der Waals surface area contributed by atoms with E-state index in [1.165, 1.54) is 6.42 Å². The molecule has 0 aromatic rings. The molecular weight excluding hydrogens is 112 g/mol. The molecule has 1 fully saturated rings. The smallest absolute Gasteiger partial charge is 0.0577 e. The van der Waals surface area contributed by atoms with Crippen LogP contribution >= 0.6 is 0 Å². The van der Waals surface area contributed by atoms with Crippen LogP contribution in [0.5, 0.6) is 0 Å². The van der Waals surface area contributed by atoms with Gasteiger partial charge in [0.05, 0.1) is 6.10 Å². The zero-order valence-electron chi connectivity index (χ0n) is 5.46. The van der Waals surface area contributed by atoms with E-state index in [1.54, 1.807) is 0 Å². The molecule has 0 bridgehead atoms. The van der Waals surface area contributed by atoms with Crippen LogP contribution in [0.4, 0.5) is 0 Å². The van der Waals surface area contributed by atoms with Gasteiger partial charge in [-0.15, -0.1) is 0 Å². The second-order valence-electron chi connectivity index (χ2n) is 3.14. The Morgan fingerprint density at radius 2 is 2.22 bits per heavy atom. The fourth-order valence-electron chi connectivity index (χ4n) is 2.06. The third-order valence-corrected chi connectivity index (χ3v) is 2.63. The summed E-state index contributed by atoms with van der Waals surface area (Å²) in [5.74, 6) is 1.31. The van der Waals surface area contributed by atoms with Gasteiger partial charge >= 0.3 is 0 Å². The minimum atomic E-state index is 0.00463. The lowest BCUT2D eigenvalue weighted by molar-refractivity contribution is 0.129. The molecule has 0 aliphatic heterocycles. The van der Waals surface area contributed by atoms with E-state index in [-0.39, 0.29) is 6.10 Å². The molecule has 2 aliphatic rings. The van der Waals surface area contributed by atoms with Crippen molar-refractivity contribution in [3.05, 3.63) is 12.2 Å². The van der Waals surface area contributed by atoms with Crippen LogP contribution in [0.1, 0.15) is 19.3 Å². The van der Waals surface area contributed by atoms with Crippen molar-refractivity contribution in [2.75, 3.05) is 0 Å². The second-order valence-corrected chi connectivity index (χ2v) is 3.14. The van der Waals surface area contributed by atoms with Crippen molar-refractivity contribution in [3.8, 4) is 0 Å². The van der Waals surface area contributed by atoms with Crippen molar-refractivity contribution in [1.82, 2.24) is 0 Å². The molecule has 0 amide bonds. The van der Waals surface area contributed by atoms with E-state index in [4.69, 9.17) is 0 Å². The third-order valence-electron chi connectivity index (χ3n) is 2.63. The van der Waals surface area contributed by atoms with Crippen LogP contribution in [-0.4, -0.2) is 11.2 Å². The fraction of sp³-hybridized carbons (Fsp3) is 0.750. The Morgan fingerprint density at radius 3 is 3.00 bits per heavy atom. The van der Waals surface area contributed by atoms with Crippen molar-refractivity contribution in [2.45, 2.75) is 25.4 Å². The summed E-state index contributed by atoms with van der Waals surface area (Å²) in [6.07, 6.45) is 7.83. The summed E-state index contributed by atoms with van der Waals surface area (Å²) < 4.78 is 0. The Bertz CT molecular complexity index is 140. The summed E-state index contributed by atoms with van der Waals surface area (Å²) >= 11 is 0. The standard InChI is InChI=1S/C8H12O/c9-8-5-4-6-2-1-3-7(6)8/h1-2,6-9H,3-5H2/t6-,7-,8-/m0/s1. The zero-order chi connectivity index (χ0) is 6.27. The summed E-state index contributed by atoms with van der Waals surface area (Å²) in [6.45, 7) is 0. The molecular formula is C8H12O. The lowest BCUT2D eigenvalue weighted by Crippen LogP contribution is -2.13. The predicted octanol–water partition coefficient (Wildman–Crippen LogP) is 1.33. The average Bonchev–Trinajstić information content (AvgIpc) is 2.35. The maximum atomic E-state index is 9.36. The molecule has 50 valence electrons. The molecule has 2 aliphatic carbocycles. The highest BCUT2D eigenvalue weighted by Crippen LogP contribution is 2.39. The first-order chi connectivity index (χ1) is 4.38. The van der Waals surface area contributed by atoms with Crippen LogP contribution in [0.2, 0.25) is 0 Å². The van der Waals surface area contributed by atoms with Gasteiger partial charge in [0.2, 0.25) is 0 Å². The number of aliphatic hydroxyl groups excluding tert-OH is 1. The monoisotopic (exact) mass is 124 g/mol. The average molecular weight is 124 g/mol. The summed E-state index contributed by atoms with van der Waals surface area (Å²) in [5.41, 5.74) is 0. The van der Waals surface area contributed by atoms with E-state index < -0.39 is 0 Å². The third kappa shape index (κ3) is 0.715. The number of hydrogen-bond acceptors (Lipinski definition) is 1. The van der Waals surface area contributed by atoms with Crippen molar-refractivity contribution in [3.63, 3.8) is 0 Å². The minimum absolute atomic E-state index is 0.00463. The van der Waals surface area contributed by atoms with Gasteiger partial charge in [-0.3, -0.25) is 0 Å². The van der Waals surface area contributed by atoms with E-state index in [2.05, 4.69) is 12.2 Å². The molecule has 0 aromatic carbocycles. The van der Waals surface area contributed by atoms with Gasteiger partial charge in [-0.1, -0.05) is 12.2 Å². The number of allylic oxidation sites excluding steroid dienone is 2. The Hall–Kier alpha value is -0.300. The van der Waals surface area contributed by atoms with E-state index in [1.807, 2.05) is 0 Å². The molecule has 0 spiro atoms. The molecule has 0 heterocycles. The first-order valence-corrected chi connectivity index (χ1v) is 3.72. The van der Waals surface area contributed by atoms with Crippen LogP contribution in [0.25, 0.3) is 0 Å². The highest BCUT2D eigenvalue weighted by Gasteiger charge is 2.34. The molecule has 0 aromatic heterocycles. The van der Waals surface area contributed by atoms with Gasteiger partial charge in [0, 0.05) is 0 Å². The largest absolute Gasteiger partial charge is 0.393 e. The molecule has 0 unspecified atom stereocenters. The van der Waals surface area contributed by atoms with Gasteiger partial charge in [0.25, 0.3) is 0 Å². The SMILES string of the molecule is O[C@H]1CC[C@@H]2C=CC[C@H]12. The van der Waals surface area contributed by atoms with Crippen LogP contribution in [-0.2, 0) is 0 Å². The molecule has 1 N–H and O–H groups in total. The summed E-state index contributed by atoms with van der Waals surface area (Å²) in [6, 6.07) is 0. The van der Waals surface area contributed by atoms with Crippen molar-refractivity contribution < 1.29 is 5.11 Å². The Kier molecular flexibility index (Phi) is 1.12. The molecule has 3 atom stereocenters. The second kappa shape index (κ2) is 1.84. The summed E-state index contributed by atoms with van der Waals surface area (Å²) in [4.78, 5) is 0. The van der Waals surface area contributed by atoms with Crippen molar-refractivity contribution >= 4 is 0 Å². The number of rotatable bonds is 0. The molecule has 2 rings (SSSR count). The highest BCUT2D eigenvalue weighted by atomic mass is 16.3. The van der Waals surface area contributed by atoms with Gasteiger partial charge < -0.3 is 5.11 Å².